The quantitative estimate of drug-likeness (QED) is 0.215. The summed E-state index contributed by atoms with van der Waals surface area (Å²) >= 11 is 6.48. The average molecular weight is 490 g/mol. The molecule has 0 fully saturated rings. The van der Waals surface area contributed by atoms with Crippen molar-refractivity contribution in [2.45, 2.75) is 13.3 Å². The maximum absolute atomic E-state index is 13.8. The molecule has 0 aliphatic carbocycles. The molecule has 0 aliphatic heterocycles. The lowest BCUT2D eigenvalue weighted by atomic mass is 9.87. The first-order valence-electron chi connectivity index (χ1n) is 11.3. The first-order chi connectivity index (χ1) is 17.0. The Balaban J connectivity index is 1.81. The number of aromatic nitrogens is 2. The highest BCUT2D eigenvalue weighted by atomic mass is 35.5. The van der Waals surface area contributed by atoms with Crippen LogP contribution in [0.15, 0.2) is 72.9 Å². The number of aromatic amines is 1. The van der Waals surface area contributed by atoms with Gasteiger partial charge in [0.15, 0.2) is 0 Å². The number of allylic oxidation sites excluding steroid dienone is 1. The van der Waals surface area contributed by atoms with Crippen LogP contribution in [0.3, 0.4) is 0 Å². The van der Waals surface area contributed by atoms with Gasteiger partial charge in [-0.05, 0) is 70.2 Å². The molecule has 1 aromatic heterocycles. The summed E-state index contributed by atoms with van der Waals surface area (Å²) in [4.78, 5) is 11.8. The number of hydrogen-bond donors (Lipinski definition) is 3. The Morgan fingerprint density at radius 3 is 2.60 bits per heavy atom. The van der Waals surface area contributed by atoms with Gasteiger partial charge in [0.2, 0.25) is 5.91 Å². The number of carbonyl (C=O) groups is 1. The Morgan fingerprint density at radius 2 is 1.89 bits per heavy atom. The van der Waals surface area contributed by atoms with Crippen molar-refractivity contribution in [2.24, 2.45) is 0 Å². The van der Waals surface area contributed by atoms with Crippen LogP contribution in [0.4, 0.5) is 4.39 Å². The number of fused-ring (bicyclic) bond motifs is 1. The summed E-state index contributed by atoms with van der Waals surface area (Å²) in [5.41, 5.74) is 6.50. The number of nitrogens with zero attached hydrogens (tertiary/aromatic N) is 1. The van der Waals surface area contributed by atoms with Crippen LogP contribution >= 0.6 is 11.6 Å². The minimum Gasteiger partial charge on any atom is -0.395 e. The van der Waals surface area contributed by atoms with Crippen LogP contribution in [0, 0.1) is 5.82 Å². The molecular formula is C28H25ClFN3O2. The summed E-state index contributed by atoms with van der Waals surface area (Å²) < 4.78 is 13.8. The van der Waals surface area contributed by atoms with E-state index in [1.807, 2.05) is 43.3 Å². The summed E-state index contributed by atoms with van der Waals surface area (Å²) in [6.07, 6.45) is 5.61. The van der Waals surface area contributed by atoms with Gasteiger partial charge in [-0.15, -0.1) is 0 Å². The Hall–Kier alpha value is -3.74. The van der Waals surface area contributed by atoms with Crippen molar-refractivity contribution in [2.75, 3.05) is 13.2 Å². The molecule has 1 amide bonds. The number of hydrogen-bond acceptors (Lipinski definition) is 3. The molecule has 4 rings (SSSR count). The molecule has 3 N–H and O–H groups in total. The number of aliphatic hydroxyl groups is 1. The Kier molecular flexibility index (Phi) is 7.75. The number of amides is 1. The van der Waals surface area contributed by atoms with E-state index in [0.29, 0.717) is 11.4 Å². The van der Waals surface area contributed by atoms with E-state index in [1.165, 1.54) is 18.2 Å². The molecule has 0 saturated heterocycles. The van der Waals surface area contributed by atoms with Crippen molar-refractivity contribution in [3.05, 3.63) is 106 Å². The van der Waals surface area contributed by atoms with Crippen LogP contribution in [0.25, 0.3) is 28.1 Å². The summed E-state index contributed by atoms with van der Waals surface area (Å²) in [6.45, 7) is 2.16. The number of rotatable bonds is 8. The van der Waals surface area contributed by atoms with E-state index < -0.39 is 0 Å². The highest BCUT2D eigenvalue weighted by Crippen LogP contribution is 2.38. The van der Waals surface area contributed by atoms with Gasteiger partial charge in [0, 0.05) is 18.0 Å². The third-order valence-electron chi connectivity index (χ3n) is 5.68. The second-order valence-corrected chi connectivity index (χ2v) is 8.38. The SMILES string of the molecule is CCC(=C(c1ccc(/C=C/C(=O)NCCO)cc1)c1ccc2[nH]ncc2c1)c1ccc(F)cc1Cl. The molecule has 0 aliphatic rings. The fourth-order valence-electron chi connectivity index (χ4n) is 4.02. The molecule has 7 heteroatoms. The van der Waals surface area contributed by atoms with Gasteiger partial charge in [-0.2, -0.15) is 5.10 Å². The summed E-state index contributed by atoms with van der Waals surface area (Å²) in [6, 6.07) is 18.4. The number of aliphatic hydroxyl groups excluding tert-OH is 1. The molecular weight excluding hydrogens is 465 g/mol. The molecule has 1 heterocycles. The van der Waals surface area contributed by atoms with Crippen molar-refractivity contribution >= 4 is 45.6 Å². The van der Waals surface area contributed by atoms with E-state index in [-0.39, 0.29) is 24.9 Å². The van der Waals surface area contributed by atoms with Gasteiger partial charge < -0.3 is 10.4 Å². The van der Waals surface area contributed by atoms with Crippen LogP contribution < -0.4 is 5.32 Å². The molecule has 0 spiro atoms. The van der Waals surface area contributed by atoms with E-state index in [4.69, 9.17) is 16.7 Å². The number of nitrogens with one attached hydrogen (secondary N) is 2. The Bertz CT molecular complexity index is 1410. The van der Waals surface area contributed by atoms with Crippen molar-refractivity contribution < 1.29 is 14.3 Å². The summed E-state index contributed by atoms with van der Waals surface area (Å²) in [5.74, 6) is -0.647. The third-order valence-corrected chi connectivity index (χ3v) is 5.99. The Labute approximate surface area is 208 Å². The van der Waals surface area contributed by atoms with E-state index in [9.17, 15) is 9.18 Å². The van der Waals surface area contributed by atoms with E-state index in [0.717, 1.165) is 44.3 Å². The van der Waals surface area contributed by atoms with Crippen LogP contribution in [-0.4, -0.2) is 34.4 Å². The van der Waals surface area contributed by atoms with Gasteiger partial charge in [0.05, 0.1) is 23.3 Å². The first-order valence-corrected chi connectivity index (χ1v) is 11.7. The van der Waals surface area contributed by atoms with Crippen molar-refractivity contribution in [3.63, 3.8) is 0 Å². The zero-order valence-corrected chi connectivity index (χ0v) is 19.9. The predicted octanol–water partition coefficient (Wildman–Crippen LogP) is 5.85. The summed E-state index contributed by atoms with van der Waals surface area (Å²) in [7, 11) is 0. The number of halogens is 2. The van der Waals surface area contributed by atoms with Crippen LogP contribution in [0.5, 0.6) is 0 Å². The molecule has 3 aromatic carbocycles. The van der Waals surface area contributed by atoms with Crippen molar-refractivity contribution in [1.29, 1.82) is 0 Å². The fraction of sp³-hybridized carbons (Fsp3) is 0.143. The van der Waals surface area contributed by atoms with E-state index >= 15 is 0 Å². The zero-order valence-electron chi connectivity index (χ0n) is 19.2. The number of H-pyrrole nitrogens is 1. The summed E-state index contributed by atoms with van der Waals surface area (Å²) in [5, 5.41) is 19.9. The second kappa shape index (κ2) is 11.1. The molecule has 0 unspecified atom stereocenters. The average Bonchev–Trinajstić information content (AvgIpc) is 3.34. The third kappa shape index (κ3) is 5.67. The lowest BCUT2D eigenvalue weighted by molar-refractivity contribution is -0.116. The molecule has 0 saturated carbocycles. The molecule has 4 aromatic rings. The number of benzene rings is 3. The zero-order chi connectivity index (χ0) is 24.8. The molecule has 0 bridgehead atoms. The smallest absolute Gasteiger partial charge is 0.244 e. The normalized spacial score (nSPS) is 12.2. The van der Waals surface area contributed by atoms with Crippen LogP contribution in [0.2, 0.25) is 5.02 Å². The molecule has 0 atom stereocenters. The second-order valence-electron chi connectivity index (χ2n) is 7.97. The number of carbonyl (C=O) groups excluding carboxylic acids is 1. The van der Waals surface area contributed by atoms with Gasteiger partial charge in [0.25, 0.3) is 0 Å². The van der Waals surface area contributed by atoms with Gasteiger partial charge in [0.1, 0.15) is 5.82 Å². The first kappa shape index (κ1) is 24.4. The van der Waals surface area contributed by atoms with Crippen LogP contribution in [0.1, 0.15) is 35.6 Å². The van der Waals surface area contributed by atoms with Gasteiger partial charge in [-0.3, -0.25) is 9.89 Å². The lowest BCUT2D eigenvalue weighted by Crippen LogP contribution is -2.24. The topological polar surface area (TPSA) is 78.0 Å². The van der Waals surface area contributed by atoms with Gasteiger partial charge in [-0.1, -0.05) is 54.9 Å². The largest absolute Gasteiger partial charge is 0.395 e. The van der Waals surface area contributed by atoms with Gasteiger partial charge in [-0.25, -0.2) is 4.39 Å². The van der Waals surface area contributed by atoms with E-state index in [2.05, 4.69) is 21.6 Å². The monoisotopic (exact) mass is 489 g/mol. The standard InChI is InChI=1S/C28H25ClFN3O2/c1-2-23(24-10-9-22(30)16-25(24)29)28(20-8-11-26-21(15-20)17-32-33-26)19-6-3-18(4-7-19)5-12-27(35)31-13-14-34/h3-12,15-17,34H,2,13-14H2,1H3,(H,31,35)(H,32,33)/b12-5+,28-23?. The highest BCUT2D eigenvalue weighted by molar-refractivity contribution is 6.32. The minimum atomic E-state index is -0.380. The minimum absolute atomic E-state index is 0.105. The van der Waals surface area contributed by atoms with Crippen LogP contribution in [-0.2, 0) is 4.79 Å². The molecule has 0 radical (unpaired) electrons. The molecule has 5 nitrogen and oxygen atoms in total. The molecule has 178 valence electrons. The highest BCUT2D eigenvalue weighted by Gasteiger charge is 2.16. The van der Waals surface area contributed by atoms with E-state index in [1.54, 1.807) is 18.3 Å². The predicted molar refractivity (Wildman–Crippen MR) is 139 cm³/mol. The fourth-order valence-corrected chi connectivity index (χ4v) is 4.30. The lowest BCUT2D eigenvalue weighted by Gasteiger charge is -2.18. The van der Waals surface area contributed by atoms with Gasteiger partial charge >= 0.3 is 0 Å². The Morgan fingerprint density at radius 1 is 1.11 bits per heavy atom. The molecule has 35 heavy (non-hydrogen) atoms. The van der Waals surface area contributed by atoms with Crippen molar-refractivity contribution in [3.8, 4) is 0 Å². The maximum Gasteiger partial charge on any atom is 0.244 e. The van der Waals surface area contributed by atoms with Crippen molar-refractivity contribution in [1.82, 2.24) is 15.5 Å². The maximum atomic E-state index is 13.8.